The smallest absolute Gasteiger partial charge is 0.321 e. The number of imide groups is 1. The van der Waals surface area contributed by atoms with Crippen LogP contribution in [-0.2, 0) is 15.1 Å². The van der Waals surface area contributed by atoms with Crippen molar-refractivity contribution >= 4 is 23.5 Å². The molecule has 4 amide bonds. The largest absolute Gasteiger partial charge is 0.325 e. The van der Waals surface area contributed by atoms with Gasteiger partial charge in [0.15, 0.2) is 0 Å². The first-order valence-corrected chi connectivity index (χ1v) is 10.7. The fourth-order valence-corrected chi connectivity index (χ4v) is 4.24. The molecule has 8 nitrogen and oxygen atoms in total. The number of benzene rings is 2. The Hall–Kier alpha value is -3.94. The van der Waals surface area contributed by atoms with Gasteiger partial charge in [-0.1, -0.05) is 42.0 Å². The second-order valence-electron chi connectivity index (χ2n) is 8.60. The van der Waals surface area contributed by atoms with Crippen molar-refractivity contribution in [2.75, 3.05) is 11.9 Å². The minimum absolute atomic E-state index is 0.388. The number of amides is 4. The van der Waals surface area contributed by atoms with Gasteiger partial charge in [0, 0.05) is 0 Å². The van der Waals surface area contributed by atoms with E-state index in [9.17, 15) is 14.4 Å². The number of hydrogen-bond acceptors (Lipinski definition) is 4. The second kappa shape index (κ2) is 8.20. The predicted octanol–water partition coefficient (Wildman–Crippen LogP) is 3.51. The highest BCUT2D eigenvalue weighted by Crippen LogP contribution is 2.31. The summed E-state index contributed by atoms with van der Waals surface area (Å²) in [6.07, 6.45) is 0. The summed E-state index contributed by atoms with van der Waals surface area (Å²) in [7, 11) is 0. The van der Waals surface area contributed by atoms with E-state index in [1.165, 1.54) is 0 Å². The molecule has 0 radical (unpaired) electrons. The van der Waals surface area contributed by atoms with Gasteiger partial charge >= 0.3 is 6.03 Å². The maximum atomic E-state index is 13.2. The van der Waals surface area contributed by atoms with Crippen LogP contribution < -0.4 is 10.6 Å². The zero-order chi connectivity index (χ0) is 23.9. The van der Waals surface area contributed by atoms with Gasteiger partial charge in [0.2, 0.25) is 5.91 Å². The van der Waals surface area contributed by atoms with Crippen LogP contribution in [0.25, 0.3) is 5.69 Å². The lowest BCUT2D eigenvalue weighted by Crippen LogP contribution is -2.42. The average molecular weight is 446 g/mol. The molecule has 1 fully saturated rings. The number of hydrogen-bond donors (Lipinski definition) is 2. The van der Waals surface area contributed by atoms with Gasteiger partial charge in [0.1, 0.15) is 12.1 Å². The minimum Gasteiger partial charge on any atom is -0.321 e. The number of carbonyl (C=O) groups excluding carboxylic acids is 3. The van der Waals surface area contributed by atoms with Crippen LogP contribution in [0.3, 0.4) is 0 Å². The van der Waals surface area contributed by atoms with Crippen molar-refractivity contribution in [3.8, 4) is 5.69 Å². The van der Waals surface area contributed by atoms with Crippen molar-refractivity contribution in [2.24, 2.45) is 0 Å². The van der Waals surface area contributed by atoms with Crippen LogP contribution in [0.4, 0.5) is 10.5 Å². The van der Waals surface area contributed by atoms with Crippen LogP contribution in [0.2, 0.25) is 0 Å². The van der Waals surface area contributed by atoms with E-state index in [1.54, 1.807) is 18.5 Å². The molecular formula is C25H27N5O3. The third kappa shape index (κ3) is 3.88. The summed E-state index contributed by atoms with van der Waals surface area (Å²) in [4.78, 5) is 39.6. The molecule has 1 saturated heterocycles. The Bertz CT molecular complexity index is 1260. The first-order chi connectivity index (χ1) is 15.6. The molecule has 2 N–H and O–H groups in total. The number of nitrogens with one attached hydrogen (secondary N) is 2. The minimum atomic E-state index is -1.22. The Morgan fingerprint density at radius 3 is 2.36 bits per heavy atom. The first kappa shape index (κ1) is 22.3. The molecule has 0 bridgehead atoms. The van der Waals surface area contributed by atoms with Gasteiger partial charge in [0.05, 0.1) is 22.8 Å². The number of rotatable bonds is 5. The van der Waals surface area contributed by atoms with E-state index in [2.05, 4.69) is 15.7 Å². The molecule has 1 aromatic heterocycles. The summed E-state index contributed by atoms with van der Waals surface area (Å²) in [5, 5.41) is 10.1. The maximum absolute atomic E-state index is 13.2. The SMILES string of the molecule is Cc1ccc(-n2nc(C)c(NC(=O)CN3C(=O)NC(C)(c4ccccc4C)C3=O)c2C)cc1. The van der Waals surface area contributed by atoms with Crippen LogP contribution in [0.1, 0.15) is 35.0 Å². The molecule has 1 atom stereocenters. The summed E-state index contributed by atoms with van der Waals surface area (Å²) in [5.74, 6) is -0.928. The van der Waals surface area contributed by atoms with Crippen LogP contribution in [0, 0.1) is 27.7 Å². The van der Waals surface area contributed by atoms with Crippen molar-refractivity contribution in [3.05, 3.63) is 76.6 Å². The zero-order valence-corrected chi connectivity index (χ0v) is 19.4. The van der Waals surface area contributed by atoms with Crippen molar-refractivity contribution in [1.29, 1.82) is 0 Å². The molecule has 1 aliphatic rings. The van der Waals surface area contributed by atoms with Crippen LogP contribution in [0.5, 0.6) is 0 Å². The lowest BCUT2D eigenvalue weighted by atomic mass is 9.88. The monoisotopic (exact) mass is 445 g/mol. The molecule has 8 heteroatoms. The van der Waals surface area contributed by atoms with Crippen LogP contribution in [-0.4, -0.2) is 39.1 Å². The summed E-state index contributed by atoms with van der Waals surface area (Å²) in [6, 6.07) is 14.7. The van der Waals surface area contributed by atoms with Gasteiger partial charge in [-0.15, -0.1) is 0 Å². The predicted molar refractivity (Wildman–Crippen MR) is 125 cm³/mol. The third-order valence-electron chi connectivity index (χ3n) is 6.09. The molecule has 170 valence electrons. The highest BCUT2D eigenvalue weighted by atomic mass is 16.2. The lowest BCUT2D eigenvalue weighted by molar-refractivity contribution is -0.133. The van der Waals surface area contributed by atoms with Crippen molar-refractivity contribution in [2.45, 2.75) is 40.2 Å². The summed E-state index contributed by atoms with van der Waals surface area (Å²) < 4.78 is 1.76. The topological polar surface area (TPSA) is 96.3 Å². The Morgan fingerprint density at radius 2 is 1.70 bits per heavy atom. The van der Waals surface area contributed by atoms with Crippen molar-refractivity contribution in [3.63, 3.8) is 0 Å². The third-order valence-corrected chi connectivity index (χ3v) is 6.09. The van der Waals surface area contributed by atoms with Crippen molar-refractivity contribution in [1.82, 2.24) is 20.0 Å². The van der Waals surface area contributed by atoms with Gasteiger partial charge in [-0.3, -0.25) is 14.5 Å². The fraction of sp³-hybridized carbons (Fsp3) is 0.280. The lowest BCUT2D eigenvalue weighted by Gasteiger charge is -2.24. The normalized spacial score (nSPS) is 17.9. The number of urea groups is 1. The number of aromatic nitrogens is 2. The van der Waals surface area contributed by atoms with E-state index in [1.807, 2.05) is 69.3 Å². The molecule has 1 unspecified atom stereocenters. The zero-order valence-electron chi connectivity index (χ0n) is 19.4. The van der Waals surface area contributed by atoms with Crippen molar-refractivity contribution < 1.29 is 14.4 Å². The summed E-state index contributed by atoms with van der Waals surface area (Å²) >= 11 is 0. The average Bonchev–Trinajstić information content (AvgIpc) is 3.17. The van der Waals surface area contributed by atoms with E-state index in [-0.39, 0.29) is 6.54 Å². The number of nitrogens with zero attached hydrogens (tertiary/aromatic N) is 3. The summed E-state index contributed by atoms with van der Waals surface area (Å²) in [5.41, 5.74) is 4.35. The molecular weight excluding hydrogens is 418 g/mol. The first-order valence-electron chi connectivity index (χ1n) is 10.7. The van der Waals surface area contributed by atoms with E-state index >= 15 is 0 Å². The molecule has 1 aliphatic heterocycles. The molecule has 0 aliphatic carbocycles. The Kier molecular flexibility index (Phi) is 5.53. The Balaban J connectivity index is 1.53. The van der Waals surface area contributed by atoms with Gasteiger partial charge < -0.3 is 10.6 Å². The molecule has 0 saturated carbocycles. The molecule has 33 heavy (non-hydrogen) atoms. The van der Waals surface area contributed by atoms with Gasteiger partial charge in [-0.2, -0.15) is 5.10 Å². The Morgan fingerprint density at radius 1 is 1.03 bits per heavy atom. The van der Waals surface area contributed by atoms with E-state index in [0.29, 0.717) is 16.9 Å². The molecule has 0 spiro atoms. The molecule has 2 aromatic carbocycles. The quantitative estimate of drug-likeness (QED) is 0.588. The number of aryl methyl sites for hydroxylation is 3. The highest BCUT2D eigenvalue weighted by molar-refractivity contribution is 6.10. The van der Waals surface area contributed by atoms with E-state index < -0.39 is 23.4 Å². The summed E-state index contributed by atoms with van der Waals surface area (Å²) in [6.45, 7) is 8.83. The maximum Gasteiger partial charge on any atom is 0.325 e. The molecule has 3 aromatic rings. The molecule has 2 heterocycles. The van der Waals surface area contributed by atoms with E-state index in [4.69, 9.17) is 0 Å². The van der Waals surface area contributed by atoms with Gasteiger partial charge in [-0.05, 0) is 57.9 Å². The Labute approximate surface area is 192 Å². The number of carbonyl (C=O) groups is 3. The van der Waals surface area contributed by atoms with Crippen LogP contribution in [0.15, 0.2) is 48.5 Å². The highest BCUT2D eigenvalue weighted by Gasteiger charge is 2.50. The second-order valence-corrected chi connectivity index (χ2v) is 8.60. The van der Waals surface area contributed by atoms with Gasteiger partial charge in [0.25, 0.3) is 5.91 Å². The van der Waals surface area contributed by atoms with E-state index in [0.717, 1.165) is 27.4 Å². The molecule has 4 rings (SSSR count). The fourth-order valence-electron chi connectivity index (χ4n) is 4.24. The number of anilines is 1. The van der Waals surface area contributed by atoms with Crippen LogP contribution >= 0.6 is 0 Å². The standard InChI is InChI=1S/C25H27N5O3/c1-15-10-12-19(13-11-15)30-18(4)22(17(3)28-30)26-21(31)14-29-23(32)25(5,27-24(29)33)20-9-7-6-8-16(20)2/h6-13H,14H2,1-5H3,(H,26,31)(H,27,33). The van der Waals surface area contributed by atoms with Gasteiger partial charge in [-0.25, -0.2) is 9.48 Å².